The summed E-state index contributed by atoms with van der Waals surface area (Å²) in [5.74, 6) is 0.839. The number of nitrogens with one attached hydrogen (secondary N) is 1. The van der Waals surface area contributed by atoms with Crippen LogP contribution in [0, 0.1) is 6.92 Å². The fourth-order valence-electron chi connectivity index (χ4n) is 2.47. The number of fused-ring (bicyclic) bond motifs is 1. The first-order valence-electron chi connectivity index (χ1n) is 5.36. The van der Waals surface area contributed by atoms with Crippen molar-refractivity contribution in [3.8, 4) is 0 Å². The molecule has 2 fully saturated rings. The van der Waals surface area contributed by atoms with Gasteiger partial charge in [-0.1, -0.05) is 0 Å². The molecule has 15 heavy (non-hydrogen) atoms. The number of furan rings is 1. The van der Waals surface area contributed by atoms with E-state index in [0.717, 1.165) is 25.3 Å². The van der Waals surface area contributed by atoms with E-state index in [-0.39, 0.29) is 5.91 Å². The maximum Gasteiger partial charge on any atom is 0.257 e. The molecule has 2 atom stereocenters. The van der Waals surface area contributed by atoms with Gasteiger partial charge in [0.2, 0.25) is 0 Å². The Morgan fingerprint density at radius 1 is 1.67 bits per heavy atom. The lowest BCUT2D eigenvalue weighted by Gasteiger charge is -2.37. The van der Waals surface area contributed by atoms with E-state index in [1.165, 1.54) is 0 Å². The van der Waals surface area contributed by atoms with Gasteiger partial charge in [0.1, 0.15) is 5.76 Å². The Balaban J connectivity index is 1.83. The maximum absolute atomic E-state index is 12.2. The monoisotopic (exact) mass is 206 g/mol. The SMILES string of the molecule is Cc1occc1C(=O)N1CCC2NCC21. The van der Waals surface area contributed by atoms with E-state index in [1.807, 2.05) is 11.8 Å². The van der Waals surface area contributed by atoms with Gasteiger partial charge in [0.05, 0.1) is 17.9 Å². The standard InChI is InChI=1S/C11H14N2O2/c1-7-8(3-5-15-7)11(14)13-4-2-9-10(13)6-12-9/h3,5,9-10,12H,2,4,6H2,1H3. The van der Waals surface area contributed by atoms with Gasteiger partial charge in [-0.3, -0.25) is 4.79 Å². The second-order valence-corrected chi connectivity index (χ2v) is 4.26. The lowest BCUT2D eigenvalue weighted by Crippen LogP contribution is -2.60. The van der Waals surface area contributed by atoms with Crippen molar-refractivity contribution in [2.24, 2.45) is 0 Å². The highest BCUT2D eigenvalue weighted by molar-refractivity contribution is 5.95. The van der Waals surface area contributed by atoms with Crippen molar-refractivity contribution in [1.29, 1.82) is 0 Å². The number of hydrogen-bond acceptors (Lipinski definition) is 3. The summed E-state index contributed by atoms with van der Waals surface area (Å²) in [5.41, 5.74) is 0.711. The van der Waals surface area contributed by atoms with E-state index in [2.05, 4.69) is 5.32 Å². The van der Waals surface area contributed by atoms with Crippen molar-refractivity contribution in [2.75, 3.05) is 13.1 Å². The molecule has 2 unspecified atom stereocenters. The molecule has 80 valence electrons. The van der Waals surface area contributed by atoms with Gasteiger partial charge >= 0.3 is 0 Å². The molecule has 0 aromatic carbocycles. The second kappa shape index (κ2) is 3.10. The van der Waals surface area contributed by atoms with Gasteiger partial charge < -0.3 is 14.6 Å². The Bertz CT molecular complexity index is 399. The Labute approximate surface area is 88.2 Å². The van der Waals surface area contributed by atoms with E-state index in [9.17, 15) is 4.79 Å². The van der Waals surface area contributed by atoms with Crippen LogP contribution in [0.25, 0.3) is 0 Å². The summed E-state index contributed by atoms with van der Waals surface area (Å²) in [7, 11) is 0. The van der Waals surface area contributed by atoms with Crippen molar-refractivity contribution in [3.63, 3.8) is 0 Å². The Kier molecular flexibility index (Phi) is 1.85. The molecule has 4 heteroatoms. The first-order chi connectivity index (χ1) is 7.27. The fourth-order valence-corrected chi connectivity index (χ4v) is 2.47. The fraction of sp³-hybridized carbons (Fsp3) is 0.545. The third-order valence-electron chi connectivity index (χ3n) is 3.49. The number of rotatable bonds is 1. The van der Waals surface area contributed by atoms with Crippen LogP contribution in [0.3, 0.4) is 0 Å². The summed E-state index contributed by atoms with van der Waals surface area (Å²) >= 11 is 0. The quantitative estimate of drug-likeness (QED) is 0.738. The average Bonchev–Trinajstić information content (AvgIpc) is 2.70. The highest BCUT2D eigenvalue weighted by Crippen LogP contribution is 2.26. The van der Waals surface area contributed by atoms with Crippen LogP contribution >= 0.6 is 0 Å². The smallest absolute Gasteiger partial charge is 0.257 e. The van der Waals surface area contributed by atoms with E-state index >= 15 is 0 Å². The molecule has 4 nitrogen and oxygen atoms in total. The number of amides is 1. The predicted octanol–water partition coefficient (Wildman–Crippen LogP) is 0.774. The Morgan fingerprint density at radius 2 is 2.53 bits per heavy atom. The minimum Gasteiger partial charge on any atom is -0.469 e. The molecule has 2 aliphatic rings. The van der Waals surface area contributed by atoms with Crippen LogP contribution in [-0.4, -0.2) is 36.0 Å². The summed E-state index contributed by atoms with van der Waals surface area (Å²) in [4.78, 5) is 14.1. The van der Waals surface area contributed by atoms with Crippen LogP contribution < -0.4 is 5.32 Å². The van der Waals surface area contributed by atoms with E-state index in [0.29, 0.717) is 17.6 Å². The van der Waals surface area contributed by atoms with Crippen LogP contribution in [0.5, 0.6) is 0 Å². The summed E-state index contributed by atoms with van der Waals surface area (Å²) in [5, 5.41) is 3.33. The predicted molar refractivity (Wildman–Crippen MR) is 54.7 cm³/mol. The van der Waals surface area contributed by atoms with Gasteiger partial charge in [-0.25, -0.2) is 0 Å². The van der Waals surface area contributed by atoms with Gasteiger partial charge in [-0.05, 0) is 19.4 Å². The van der Waals surface area contributed by atoms with E-state index < -0.39 is 0 Å². The minimum absolute atomic E-state index is 0.121. The topological polar surface area (TPSA) is 45.5 Å². The Morgan fingerprint density at radius 3 is 3.07 bits per heavy atom. The zero-order chi connectivity index (χ0) is 10.4. The lowest BCUT2D eigenvalue weighted by atomic mass is 10.0. The summed E-state index contributed by atoms with van der Waals surface area (Å²) in [6, 6.07) is 2.70. The zero-order valence-electron chi connectivity index (χ0n) is 8.69. The van der Waals surface area contributed by atoms with Crippen molar-refractivity contribution in [2.45, 2.75) is 25.4 Å². The van der Waals surface area contributed by atoms with Gasteiger partial charge in [0.15, 0.2) is 0 Å². The van der Waals surface area contributed by atoms with Crippen molar-refractivity contribution in [1.82, 2.24) is 10.2 Å². The molecule has 0 radical (unpaired) electrons. The van der Waals surface area contributed by atoms with Crippen LogP contribution in [0.2, 0.25) is 0 Å². The normalized spacial score (nSPS) is 28.7. The minimum atomic E-state index is 0.121. The van der Waals surface area contributed by atoms with Crippen molar-refractivity contribution < 1.29 is 9.21 Å². The molecule has 2 aliphatic heterocycles. The third kappa shape index (κ3) is 1.21. The average molecular weight is 206 g/mol. The molecule has 0 aliphatic carbocycles. The van der Waals surface area contributed by atoms with E-state index in [4.69, 9.17) is 4.42 Å². The maximum atomic E-state index is 12.2. The summed E-state index contributed by atoms with van der Waals surface area (Å²) in [6.07, 6.45) is 2.66. The van der Waals surface area contributed by atoms with Crippen LogP contribution in [-0.2, 0) is 0 Å². The molecule has 1 amide bonds. The number of aryl methyl sites for hydroxylation is 1. The van der Waals surface area contributed by atoms with Crippen LogP contribution in [0.4, 0.5) is 0 Å². The van der Waals surface area contributed by atoms with Gasteiger partial charge in [-0.15, -0.1) is 0 Å². The molecule has 3 rings (SSSR count). The summed E-state index contributed by atoms with van der Waals surface area (Å²) in [6.45, 7) is 3.64. The molecular weight excluding hydrogens is 192 g/mol. The highest BCUT2D eigenvalue weighted by Gasteiger charge is 2.43. The number of likely N-dealkylation sites (tertiary alicyclic amines) is 1. The number of nitrogens with zero attached hydrogens (tertiary/aromatic N) is 1. The number of carbonyl (C=O) groups is 1. The third-order valence-corrected chi connectivity index (χ3v) is 3.49. The molecule has 0 spiro atoms. The molecule has 1 N–H and O–H groups in total. The van der Waals surface area contributed by atoms with Crippen LogP contribution in [0.15, 0.2) is 16.7 Å². The zero-order valence-corrected chi connectivity index (χ0v) is 8.69. The van der Waals surface area contributed by atoms with Gasteiger partial charge in [-0.2, -0.15) is 0 Å². The lowest BCUT2D eigenvalue weighted by molar-refractivity contribution is 0.0677. The largest absolute Gasteiger partial charge is 0.469 e. The molecule has 1 aromatic heterocycles. The number of carbonyl (C=O) groups excluding carboxylic acids is 1. The molecule has 0 saturated carbocycles. The van der Waals surface area contributed by atoms with E-state index in [1.54, 1.807) is 12.3 Å². The molecule has 1 aromatic rings. The molecule has 2 saturated heterocycles. The van der Waals surface area contributed by atoms with Crippen molar-refractivity contribution >= 4 is 5.91 Å². The first kappa shape index (κ1) is 8.97. The Hall–Kier alpha value is -1.29. The number of hydrogen-bond donors (Lipinski definition) is 1. The first-order valence-corrected chi connectivity index (χ1v) is 5.36. The molecule has 0 bridgehead atoms. The van der Waals surface area contributed by atoms with Gasteiger partial charge in [0, 0.05) is 19.1 Å². The second-order valence-electron chi connectivity index (χ2n) is 4.26. The van der Waals surface area contributed by atoms with Gasteiger partial charge in [0.25, 0.3) is 5.91 Å². The molecular formula is C11H14N2O2. The molecule has 3 heterocycles. The highest BCUT2D eigenvalue weighted by atomic mass is 16.3. The van der Waals surface area contributed by atoms with Crippen LogP contribution in [0.1, 0.15) is 22.5 Å². The van der Waals surface area contributed by atoms with Crippen molar-refractivity contribution in [3.05, 3.63) is 23.7 Å². The summed E-state index contributed by atoms with van der Waals surface area (Å²) < 4.78 is 5.16.